The van der Waals surface area contributed by atoms with E-state index < -0.39 is 10.0 Å². The molecule has 0 spiro atoms. The molecule has 0 amide bonds. The van der Waals surface area contributed by atoms with E-state index in [1.54, 1.807) is 7.11 Å². The van der Waals surface area contributed by atoms with Gasteiger partial charge in [0.25, 0.3) is 10.0 Å². The average Bonchev–Trinajstić information content (AvgIpc) is 2.94. The molecule has 0 atom stereocenters. The Morgan fingerprint density at radius 1 is 1.11 bits per heavy atom. The molecule has 1 aliphatic carbocycles. The van der Waals surface area contributed by atoms with Gasteiger partial charge in [0.1, 0.15) is 9.99 Å². The Kier molecular flexibility index (Phi) is 6.52. The Hall–Kier alpha value is -1.47. The number of methoxy groups -OCH3 is 1. The van der Waals surface area contributed by atoms with E-state index in [9.17, 15) is 8.42 Å². The number of likely N-dealkylation sites (N-methyl/N-ethyl adjacent to an activating group) is 1. The second-order valence-corrected chi connectivity index (χ2v) is 9.94. The zero-order valence-electron chi connectivity index (χ0n) is 16.3. The summed E-state index contributed by atoms with van der Waals surface area (Å²) in [6.07, 6.45) is 5.73. The SMILES string of the molecule is CCN(CC)C1=NS(=O)(=O)C(SC2CCCCC2)=C1c1ccc(OC)cc1. The summed E-state index contributed by atoms with van der Waals surface area (Å²) in [5, 5.41) is 0.350. The second kappa shape index (κ2) is 8.69. The van der Waals surface area contributed by atoms with Crippen LogP contribution in [0.2, 0.25) is 0 Å². The molecular weight excluding hydrogens is 380 g/mol. The zero-order valence-corrected chi connectivity index (χ0v) is 17.9. The summed E-state index contributed by atoms with van der Waals surface area (Å²) < 4.78 is 35.8. The van der Waals surface area contributed by atoms with Crippen LogP contribution in [0.3, 0.4) is 0 Å². The van der Waals surface area contributed by atoms with Gasteiger partial charge >= 0.3 is 0 Å². The topological polar surface area (TPSA) is 59.0 Å². The highest BCUT2D eigenvalue weighted by Crippen LogP contribution is 2.44. The maximum absolute atomic E-state index is 13.0. The molecule has 0 unspecified atom stereocenters. The molecule has 7 heteroatoms. The van der Waals surface area contributed by atoms with Crippen molar-refractivity contribution in [3.8, 4) is 5.75 Å². The van der Waals surface area contributed by atoms with Gasteiger partial charge in [-0.3, -0.25) is 0 Å². The molecule has 3 rings (SSSR count). The fourth-order valence-electron chi connectivity index (χ4n) is 3.62. The zero-order chi connectivity index (χ0) is 19.4. The molecule has 148 valence electrons. The summed E-state index contributed by atoms with van der Waals surface area (Å²) in [5.74, 6) is 1.33. The van der Waals surface area contributed by atoms with E-state index in [-0.39, 0.29) is 0 Å². The Morgan fingerprint density at radius 3 is 2.30 bits per heavy atom. The number of thioether (sulfide) groups is 1. The lowest BCUT2D eigenvalue weighted by atomic mass is 10.0. The third-order valence-electron chi connectivity index (χ3n) is 5.14. The summed E-state index contributed by atoms with van der Waals surface area (Å²) in [6, 6.07) is 7.59. The normalized spacial score (nSPS) is 19.9. The summed E-state index contributed by atoms with van der Waals surface area (Å²) in [4.78, 5) is 2.02. The minimum absolute atomic E-state index is 0.350. The maximum atomic E-state index is 13.0. The smallest absolute Gasteiger partial charge is 0.291 e. The van der Waals surface area contributed by atoms with E-state index in [1.807, 2.05) is 43.0 Å². The molecule has 1 aliphatic heterocycles. The summed E-state index contributed by atoms with van der Waals surface area (Å²) in [6.45, 7) is 5.48. The van der Waals surface area contributed by atoms with Crippen LogP contribution in [0.4, 0.5) is 0 Å². The largest absolute Gasteiger partial charge is 0.497 e. The van der Waals surface area contributed by atoms with Crippen molar-refractivity contribution in [1.82, 2.24) is 4.90 Å². The number of hydrogen-bond acceptors (Lipinski definition) is 5. The van der Waals surface area contributed by atoms with E-state index in [4.69, 9.17) is 4.74 Å². The number of benzene rings is 1. The molecule has 1 aromatic rings. The van der Waals surface area contributed by atoms with E-state index >= 15 is 0 Å². The van der Waals surface area contributed by atoms with Gasteiger partial charge in [-0.2, -0.15) is 8.42 Å². The number of hydrogen-bond donors (Lipinski definition) is 0. The Labute approximate surface area is 166 Å². The van der Waals surface area contributed by atoms with Crippen molar-refractivity contribution in [2.24, 2.45) is 4.40 Å². The standard InChI is InChI=1S/C20H28N2O3S2/c1-4-22(5-2)19-18(15-11-13-16(25-3)14-12-15)20(27(23,24)21-19)26-17-9-7-6-8-10-17/h11-14,17H,4-10H2,1-3H3. The van der Waals surface area contributed by atoms with Crippen LogP contribution < -0.4 is 4.74 Å². The van der Waals surface area contributed by atoms with Crippen LogP contribution in [-0.4, -0.2) is 44.6 Å². The molecule has 1 saturated carbocycles. The Balaban J connectivity index is 2.08. The minimum atomic E-state index is -3.66. The molecule has 27 heavy (non-hydrogen) atoms. The van der Waals surface area contributed by atoms with Gasteiger partial charge in [-0.15, -0.1) is 16.2 Å². The molecule has 0 N–H and O–H groups in total. The number of nitrogens with zero attached hydrogens (tertiary/aromatic N) is 2. The maximum Gasteiger partial charge on any atom is 0.291 e. The first-order chi connectivity index (χ1) is 13.0. The lowest BCUT2D eigenvalue weighted by molar-refractivity contribution is 0.415. The highest BCUT2D eigenvalue weighted by molar-refractivity contribution is 8.19. The van der Waals surface area contributed by atoms with Gasteiger partial charge in [-0.25, -0.2) is 0 Å². The van der Waals surface area contributed by atoms with Crippen molar-refractivity contribution in [3.05, 3.63) is 34.1 Å². The van der Waals surface area contributed by atoms with Crippen LogP contribution in [0, 0.1) is 0 Å². The monoisotopic (exact) mass is 408 g/mol. The van der Waals surface area contributed by atoms with Crippen molar-refractivity contribution in [3.63, 3.8) is 0 Å². The van der Waals surface area contributed by atoms with E-state index in [1.165, 1.54) is 31.0 Å². The van der Waals surface area contributed by atoms with Crippen LogP contribution in [-0.2, 0) is 10.0 Å². The first-order valence-corrected chi connectivity index (χ1v) is 12.0. The molecule has 1 heterocycles. The molecule has 1 fully saturated rings. The van der Waals surface area contributed by atoms with E-state index in [0.717, 1.165) is 29.7 Å². The molecule has 2 aliphatic rings. The average molecular weight is 409 g/mol. The van der Waals surface area contributed by atoms with Gasteiger partial charge in [0.2, 0.25) is 0 Å². The molecule has 0 saturated heterocycles. The fourth-order valence-corrected chi connectivity index (χ4v) is 6.81. The predicted molar refractivity (Wildman–Crippen MR) is 114 cm³/mol. The molecule has 0 aromatic heterocycles. The first kappa shape index (κ1) is 20.3. The highest BCUT2D eigenvalue weighted by Gasteiger charge is 2.37. The lowest BCUT2D eigenvalue weighted by Crippen LogP contribution is -2.30. The Morgan fingerprint density at radius 2 is 1.74 bits per heavy atom. The summed E-state index contributed by atoms with van der Waals surface area (Å²) >= 11 is 1.51. The number of ether oxygens (including phenoxy) is 1. The molecule has 0 bridgehead atoms. The van der Waals surface area contributed by atoms with Crippen LogP contribution in [0.25, 0.3) is 5.57 Å². The molecule has 0 radical (unpaired) electrons. The third-order valence-corrected chi connectivity index (χ3v) is 8.37. The fraction of sp³-hybridized carbons (Fsp3) is 0.550. The number of rotatable bonds is 6. The molecular formula is C20H28N2O3S2. The van der Waals surface area contributed by atoms with Crippen molar-refractivity contribution in [2.75, 3.05) is 20.2 Å². The van der Waals surface area contributed by atoms with Gasteiger partial charge in [0, 0.05) is 18.3 Å². The van der Waals surface area contributed by atoms with Gasteiger partial charge in [-0.05, 0) is 44.4 Å². The van der Waals surface area contributed by atoms with E-state index in [0.29, 0.717) is 28.4 Å². The number of sulfonamides is 1. The van der Waals surface area contributed by atoms with Crippen molar-refractivity contribution < 1.29 is 13.2 Å². The second-order valence-electron chi connectivity index (χ2n) is 6.83. The van der Waals surface area contributed by atoms with Crippen molar-refractivity contribution in [1.29, 1.82) is 0 Å². The molecule has 1 aromatic carbocycles. The van der Waals surface area contributed by atoms with E-state index in [2.05, 4.69) is 4.40 Å². The quantitative estimate of drug-likeness (QED) is 0.693. The minimum Gasteiger partial charge on any atom is -0.497 e. The predicted octanol–water partition coefficient (Wildman–Crippen LogP) is 4.51. The van der Waals surface area contributed by atoms with Crippen molar-refractivity contribution in [2.45, 2.75) is 51.2 Å². The van der Waals surface area contributed by atoms with Crippen LogP contribution in [0.15, 0.2) is 32.9 Å². The van der Waals surface area contributed by atoms with Gasteiger partial charge in [0.15, 0.2) is 5.84 Å². The first-order valence-electron chi connectivity index (χ1n) is 9.65. The van der Waals surface area contributed by atoms with Gasteiger partial charge in [-0.1, -0.05) is 31.4 Å². The van der Waals surface area contributed by atoms with Gasteiger partial charge in [0.05, 0.1) is 12.7 Å². The van der Waals surface area contributed by atoms with Crippen molar-refractivity contribution >= 4 is 33.2 Å². The van der Waals surface area contributed by atoms with Crippen LogP contribution in [0.1, 0.15) is 51.5 Å². The Bertz CT molecular complexity index is 819. The van der Waals surface area contributed by atoms with Gasteiger partial charge < -0.3 is 9.64 Å². The highest BCUT2D eigenvalue weighted by atomic mass is 32.3. The summed E-state index contributed by atoms with van der Waals surface area (Å²) in [5.41, 5.74) is 1.62. The molecule has 5 nitrogen and oxygen atoms in total. The summed E-state index contributed by atoms with van der Waals surface area (Å²) in [7, 11) is -2.03. The third kappa shape index (κ3) is 4.35. The van der Waals surface area contributed by atoms with Crippen LogP contribution >= 0.6 is 11.8 Å². The number of amidine groups is 1. The lowest BCUT2D eigenvalue weighted by Gasteiger charge is -2.24. The van der Waals surface area contributed by atoms with Crippen LogP contribution in [0.5, 0.6) is 5.75 Å².